The van der Waals surface area contributed by atoms with E-state index in [0.717, 1.165) is 48.2 Å². The number of rotatable bonds is 3. The van der Waals surface area contributed by atoms with E-state index in [-0.39, 0.29) is 0 Å². The molecule has 4 heteroatoms. The van der Waals surface area contributed by atoms with E-state index >= 15 is 0 Å². The van der Waals surface area contributed by atoms with Crippen LogP contribution in [0, 0.1) is 0 Å². The van der Waals surface area contributed by atoms with Crippen molar-refractivity contribution in [3.63, 3.8) is 0 Å². The summed E-state index contributed by atoms with van der Waals surface area (Å²) in [7, 11) is 0. The Balaban J connectivity index is 2.14. The molecule has 0 atom stereocenters. The molecule has 0 saturated carbocycles. The van der Waals surface area contributed by atoms with Gasteiger partial charge >= 0.3 is 0 Å². The van der Waals surface area contributed by atoms with Crippen LogP contribution in [-0.2, 0) is 0 Å². The lowest BCUT2D eigenvalue weighted by Crippen LogP contribution is -2.49. The molecule has 1 aromatic rings. The normalized spacial score (nSPS) is 17.2. The first-order valence-corrected chi connectivity index (χ1v) is 7.15. The van der Waals surface area contributed by atoms with Crippen LogP contribution in [0.5, 0.6) is 0 Å². The standard InChI is InChI=1S/C14H19BrN2O/c1-11(2)16-5-7-17(8-6-16)14-9-13(15)4-3-12(14)10-18/h3-4,9-11H,5-8H2,1-2H3. The second-order valence-corrected chi connectivity index (χ2v) is 5.85. The van der Waals surface area contributed by atoms with Gasteiger partial charge in [-0.1, -0.05) is 15.9 Å². The van der Waals surface area contributed by atoms with Gasteiger partial charge < -0.3 is 4.90 Å². The smallest absolute Gasteiger partial charge is 0.152 e. The van der Waals surface area contributed by atoms with Gasteiger partial charge in [-0.25, -0.2) is 0 Å². The summed E-state index contributed by atoms with van der Waals surface area (Å²) in [4.78, 5) is 15.9. The van der Waals surface area contributed by atoms with E-state index in [2.05, 4.69) is 39.6 Å². The Morgan fingerprint density at radius 3 is 2.44 bits per heavy atom. The zero-order valence-electron chi connectivity index (χ0n) is 10.9. The highest BCUT2D eigenvalue weighted by Crippen LogP contribution is 2.25. The van der Waals surface area contributed by atoms with Crippen molar-refractivity contribution < 1.29 is 4.79 Å². The lowest BCUT2D eigenvalue weighted by molar-refractivity contribution is 0.112. The van der Waals surface area contributed by atoms with Crippen molar-refractivity contribution in [2.45, 2.75) is 19.9 Å². The third-order valence-corrected chi connectivity index (χ3v) is 4.00. The predicted octanol–water partition coefficient (Wildman–Crippen LogP) is 2.79. The van der Waals surface area contributed by atoms with E-state index in [1.165, 1.54) is 0 Å². The first-order chi connectivity index (χ1) is 8.61. The molecule has 1 fully saturated rings. The molecule has 1 aliphatic rings. The molecule has 1 saturated heterocycles. The summed E-state index contributed by atoms with van der Waals surface area (Å²) < 4.78 is 1.02. The Bertz CT molecular complexity index is 426. The molecule has 0 amide bonds. The molecule has 0 bridgehead atoms. The summed E-state index contributed by atoms with van der Waals surface area (Å²) in [5.41, 5.74) is 1.82. The Kier molecular flexibility index (Phi) is 4.40. The second-order valence-electron chi connectivity index (χ2n) is 4.94. The third-order valence-electron chi connectivity index (χ3n) is 3.50. The monoisotopic (exact) mass is 310 g/mol. The van der Waals surface area contributed by atoms with Gasteiger partial charge in [0.05, 0.1) is 0 Å². The molecule has 0 radical (unpaired) electrons. The number of carbonyl (C=O) groups excluding carboxylic acids is 1. The highest BCUT2D eigenvalue weighted by Gasteiger charge is 2.20. The highest BCUT2D eigenvalue weighted by atomic mass is 79.9. The summed E-state index contributed by atoms with van der Waals surface area (Å²) in [5.74, 6) is 0. The van der Waals surface area contributed by atoms with Crippen molar-refractivity contribution in [3.05, 3.63) is 28.2 Å². The van der Waals surface area contributed by atoms with Crippen LogP contribution in [0.25, 0.3) is 0 Å². The zero-order chi connectivity index (χ0) is 13.1. The van der Waals surface area contributed by atoms with E-state index in [1.807, 2.05) is 18.2 Å². The van der Waals surface area contributed by atoms with E-state index in [9.17, 15) is 4.79 Å². The average molecular weight is 311 g/mol. The van der Waals surface area contributed by atoms with Crippen molar-refractivity contribution in [3.8, 4) is 0 Å². The highest BCUT2D eigenvalue weighted by molar-refractivity contribution is 9.10. The van der Waals surface area contributed by atoms with Crippen molar-refractivity contribution >= 4 is 27.9 Å². The lowest BCUT2D eigenvalue weighted by Gasteiger charge is -2.38. The molecule has 0 spiro atoms. The molecule has 1 heterocycles. The number of benzene rings is 1. The zero-order valence-corrected chi connectivity index (χ0v) is 12.5. The van der Waals surface area contributed by atoms with Crippen molar-refractivity contribution in [2.75, 3.05) is 31.1 Å². The van der Waals surface area contributed by atoms with Crippen molar-refractivity contribution in [1.29, 1.82) is 0 Å². The SMILES string of the molecule is CC(C)N1CCN(c2cc(Br)ccc2C=O)CC1. The van der Waals surface area contributed by atoms with E-state index < -0.39 is 0 Å². The second kappa shape index (κ2) is 5.85. The number of piperazine rings is 1. The van der Waals surface area contributed by atoms with Crippen molar-refractivity contribution in [2.24, 2.45) is 0 Å². The van der Waals surface area contributed by atoms with Crippen LogP contribution in [0.4, 0.5) is 5.69 Å². The Labute approximate surface area is 117 Å². The minimum Gasteiger partial charge on any atom is -0.368 e. The first kappa shape index (κ1) is 13.6. The Morgan fingerprint density at radius 1 is 1.22 bits per heavy atom. The summed E-state index contributed by atoms with van der Waals surface area (Å²) in [6.07, 6.45) is 0.941. The summed E-state index contributed by atoms with van der Waals surface area (Å²) >= 11 is 3.47. The lowest BCUT2D eigenvalue weighted by atomic mass is 10.1. The molecule has 18 heavy (non-hydrogen) atoms. The van der Waals surface area contributed by atoms with Crippen LogP contribution in [0.2, 0.25) is 0 Å². The number of nitrogens with zero attached hydrogens (tertiary/aromatic N) is 2. The van der Waals surface area contributed by atoms with Gasteiger partial charge in [0, 0.05) is 47.9 Å². The fraction of sp³-hybridized carbons (Fsp3) is 0.500. The van der Waals surface area contributed by atoms with Gasteiger partial charge in [-0.3, -0.25) is 9.69 Å². The number of anilines is 1. The molecule has 0 unspecified atom stereocenters. The number of hydrogen-bond acceptors (Lipinski definition) is 3. The van der Waals surface area contributed by atoms with Gasteiger partial charge in [0.15, 0.2) is 6.29 Å². The summed E-state index contributed by atoms with van der Waals surface area (Å²) in [6.45, 7) is 8.53. The topological polar surface area (TPSA) is 23.6 Å². The van der Waals surface area contributed by atoms with Gasteiger partial charge in [0.2, 0.25) is 0 Å². The van der Waals surface area contributed by atoms with E-state index in [0.29, 0.717) is 6.04 Å². The van der Waals surface area contributed by atoms with Gasteiger partial charge in [0.25, 0.3) is 0 Å². The van der Waals surface area contributed by atoms with E-state index in [4.69, 9.17) is 0 Å². The van der Waals surface area contributed by atoms with Crippen molar-refractivity contribution in [1.82, 2.24) is 4.90 Å². The van der Waals surface area contributed by atoms with Crippen LogP contribution < -0.4 is 4.90 Å². The van der Waals surface area contributed by atoms with E-state index in [1.54, 1.807) is 0 Å². The Hall–Kier alpha value is -0.870. The maximum absolute atomic E-state index is 11.1. The van der Waals surface area contributed by atoms with Gasteiger partial charge in [-0.05, 0) is 32.0 Å². The minimum absolute atomic E-state index is 0.597. The molecular formula is C14H19BrN2O. The summed E-state index contributed by atoms with van der Waals surface area (Å²) in [6, 6.07) is 6.42. The fourth-order valence-electron chi connectivity index (χ4n) is 2.37. The largest absolute Gasteiger partial charge is 0.368 e. The molecule has 3 nitrogen and oxygen atoms in total. The van der Waals surface area contributed by atoms with Gasteiger partial charge in [-0.2, -0.15) is 0 Å². The molecule has 0 N–H and O–H groups in total. The van der Waals surface area contributed by atoms with Crippen LogP contribution in [-0.4, -0.2) is 43.4 Å². The Morgan fingerprint density at radius 2 is 1.89 bits per heavy atom. The van der Waals surface area contributed by atoms with Crippen LogP contribution in [0.15, 0.2) is 22.7 Å². The number of halogens is 1. The quantitative estimate of drug-likeness (QED) is 0.802. The maximum atomic E-state index is 11.1. The van der Waals surface area contributed by atoms with Crippen LogP contribution in [0.3, 0.4) is 0 Å². The molecule has 0 aliphatic carbocycles. The molecular weight excluding hydrogens is 292 g/mol. The molecule has 0 aromatic heterocycles. The van der Waals surface area contributed by atoms with Gasteiger partial charge in [-0.15, -0.1) is 0 Å². The fourth-order valence-corrected chi connectivity index (χ4v) is 2.72. The van der Waals surface area contributed by atoms with Crippen LogP contribution in [0.1, 0.15) is 24.2 Å². The minimum atomic E-state index is 0.597. The first-order valence-electron chi connectivity index (χ1n) is 6.35. The number of aldehydes is 1. The molecule has 98 valence electrons. The number of carbonyl (C=O) groups is 1. The molecule has 1 aliphatic heterocycles. The molecule has 2 rings (SSSR count). The number of hydrogen-bond donors (Lipinski definition) is 0. The van der Waals surface area contributed by atoms with Gasteiger partial charge in [0.1, 0.15) is 0 Å². The predicted molar refractivity (Wildman–Crippen MR) is 78.5 cm³/mol. The molecule has 1 aromatic carbocycles. The maximum Gasteiger partial charge on any atom is 0.152 e. The summed E-state index contributed by atoms with van der Waals surface area (Å²) in [5, 5.41) is 0. The van der Waals surface area contributed by atoms with Crippen LogP contribution >= 0.6 is 15.9 Å². The average Bonchev–Trinajstić information content (AvgIpc) is 2.39. The third kappa shape index (κ3) is 2.93.